The summed E-state index contributed by atoms with van der Waals surface area (Å²) < 4.78 is 5.14. The highest BCUT2D eigenvalue weighted by Gasteiger charge is 2.34. The van der Waals surface area contributed by atoms with E-state index in [-0.39, 0.29) is 17.4 Å². The first-order valence-electron chi connectivity index (χ1n) is 6.29. The van der Waals surface area contributed by atoms with Crippen molar-refractivity contribution >= 4 is 6.03 Å². The fourth-order valence-electron chi connectivity index (χ4n) is 2.19. The Hall–Kier alpha value is -0.810. The number of β-amino-alcohol motifs (C(OH)–C–C–N with tert-alkyl or cyclic N) is 1. The summed E-state index contributed by atoms with van der Waals surface area (Å²) in [5, 5.41) is 12.7. The molecule has 0 aromatic carbocycles. The number of carbonyl (C=O) groups excluding carboxylic acids is 1. The number of aliphatic hydroxyl groups excluding tert-OH is 1. The molecular weight excluding hydrogens is 220 g/mol. The van der Waals surface area contributed by atoms with Gasteiger partial charge in [0.2, 0.25) is 0 Å². The molecule has 0 spiro atoms. The molecule has 0 bridgehead atoms. The van der Waals surface area contributed by atoms with Crippen LogP contribution in [0, 0.1) is 11.3 Å². The molecule has 98 valence electrons. The van der Waals surface area contributed by atoms with Gasteiger partial charge < -0.3 is 20.1 Å². The van der Waals surface area contributed by atoms with Crippen LogP contribution in [-0.2, 0) is 4.74 Å². The van der Waals surface area contributed by atoms with E-state index in [9.17, 15) is 9.90 Å². The fourth-order valence-corrected chi connectivity index (χ4v) is 2.19. The summed E-state index contributed by atoms with van der Waals surface area (Å²) in [4.78, 5) is 13.6. The number of hydrogen-bond acceptors (Lipinski definition) is 3. The Kier molecular flexibility index (Phi) is 3.58. The summed E-state index contributed by atoms with van der Waals surface area (Å²) in [5.74, 6) is 0.289. The predicted molar refractivity (Wildman–Crippen MR) is 63.7 cm³/mol. The molecule has 0 radical (unpaired) electrons. The van der Waals surface area contributed by atoms with E-state index in [4.69, 9.17) is 4.74 Å². The van der Waals surface area contributed by atoms with Crippen molar-refractivity contribution in [1.29, 1.82) is 0 Å². The van der Waals surface area contributed by atoms with E-state index in [1.807, 2.05) is 6.92 Å². The first kappa shape index (κ1) is 12.6. The van der Waals surface area contributed by atoms with Gasteiger partial charge in [-0.3, -0.25) is 0 Å². The first-order chi connectivity index (χ1) is 8.00. The molecule has 2 aliphatic heterocycles. The molecule has 5 nitrogen and oxygen atoms in total. The van der Waals surface area contributed by atoms with Crippen molar-refractivity contribution in [3.8, 4) is 0 Å². The van der Waals surface area contributed by atoms with Gasteiger partial charge in [-0.25, -0.2) is 4.79 Å². The number of rotatable bonds is 2. The predicted octanol–water partition coefficient (Wildman–Crippen LogP) is 0.435. The smallest absolute Gasteiger partial charge is 0.317 e. The first-order valence-corrected chi connectivity index (χ1v) is 6.29. The van der Waals surface area contributed by atoms with Gasteiger partial charge in [0.25, 0.3) is 0 Å². The molecule has 17 heavy (non-hydrogen) atoms. The summed E-state index contributed by atoms with van der Waals surface area (Å²) in [6.45, 7) is 7.38. The Bertz CT molecular complexity index is 291. The van der Waals surface area contributed by atoms with Crippen molar-refractivity contribution < 1.29 is 14.6 Å². The molecule has 0 saturated carbocycles. The molecular formula is C12H22N2O3. The van der Waals surface area contributed by atoms with E-state index in [1.54, 1.807) is 4.90 Å². The van der Waals surface area contributed by atoms with Gasteiger partial charge in [0.05, 0.1) is 19.3 Å². The molecule has 2 unspecified atom stereocenters. The lowest BCUT2D eigenvalue weighted by Crippen LogP contribution is -2.54. The van der Waals surface area contributed by atoms with E-state index in [0.717, 1.165) is 13.0 Å². The topological polar surface area (TPSA) is 61.8 Å². The maximum atomic E-state index is 11.9. The van der Waals surface area contributed by atoms with Crippen molar-refractivity contribution in [2.24, 2.45) is 11.3 Å². The minimum Gasteiger partial charge on any atom is -0.391 e. The number of nitrogens with one attached hydrogen (secondary N) is 1. The third-order valence-electron chi connectivity index (χ3n) is 3.77. The van der Waals surface area contributed by atoms with Crippen LogP contribution in [0.4, 0.5) is 4.79 Å². The highest BCUT2D eigenvalue weighted by Crippen LogP contribution is 2.25. The van der Waals surface area contributed by atoms with Gasteiger partial charge in [0.1, 0.15) is 0 Å². The van der Waals surface area contributed by atoms with Crippen LogP contribution in [0.25, 0.3) is 0 Å². The van der Waals surface area contributed by atoms with E-state index < -0.39 is 6.10 Å². The van der Waals surface area contributed by atoms with Crippen molar-refractivity contribution in [2.75, 3.05) is 32.8 Å². The number of piperidine rings is 1. The molecule has 2 heterocycles. The van der Waals surface area contributed by atoms with Crippen LogP contribution in [0.5, 0.6) is 0 Å². The number of amides is 2. The molecule has 0 aliphatic carbocycles. The summed E-state index contributed by atoms with van der Waals surface area (Å²) in [7, 11) is 0. The van der Waals surface area contributed by atoms with Crippen molar-refractivity contribution in [3.05, 3.63) is 0 Å². The number of ether oxygens (including phenoxy) is 1. The van der Waals surface area contributed by atoms with Crippen LogP contribution in [0.1, 0.15) is 20.3 Å². The Morgan fingerprint density at radius 1 is 1.59 bits per heavy atom. The van der Waals surface area contributed by atoms with Crippen molar-refractivity contribution in [3.63, 3.8) is 0 Å². The van der Waals surface area contributed by atoms with Crippen LogP contribution >= 0.6 is 0 Å². The SMILES string of the molecule is CC1CCN(C(=O)NCC2(C)COC2)CC1O. The fraction of sp³-hybridized carbons (Fsp3) is 0.917. The zero-order valence-corrected chi connectivity index (χ0v) is 10.6. The number of hydrogen-bond donors (Lipinski definition) is 2. The summed E-state index contributed by atoms with van der Waals surface area (Å²) in [6, 6.07) is -0.0657. The van der Waals surface area contributed by atoms with Crippen LogP contribution in [-0.4, -0.2) is 55.0 Å². The average Bonchev–Trinajstić information content (AvgIpc) is 2.27. The van der Waals surface area contributed by atoms with Gasteiger partial charge in [-0.1, -0.05) is 13.8 Å². The van der Waals surface area contributed by atoms with E-state index in [2.05, 4.69) is 12.2 Å². The van der Waals surface area contributed by atoms with Gasteiger partial charge >= 0.3 is 6.03 Å². The second-order valence-electron chi connectivity index (χ2n) is 5.74. The minimum atomic E-state index is -0.392. The maximum Gasteiger partial charge on any atom is 0.317 e. The van der Waals surface area contributed by atoms with E-state index >= 15 is 0 Å². The Morgan fingerprint density at radius 3 is 2.82 bits per heavy atom. The van der Waals surface area contributed by atoms with Crippen molar-refractivity contribution in [1.82, 2.24) is 10.2 Å². The number of likely N-dealkylation sites (tertiary alicyclic amines) is 1. The molecule has 2 amide bonds. The second kappa shape index (κ2) is 4.82. The summed E-state index contributed by atoms with van der Waals surface area (Å²) in [6.07, 6.45) is 0.478. The largest absolute Gasteiger partial charge is 0.391 e. The van der Waals surface area contributed by atoms with E-state index in [0.29, 0.717) is 26.3 Å². The van der Waals surface area contributed by atoms with Crippen LogP contribution in [0.15, 0.2) is 0 Å². The molecule has 0 aromatic rings. The van der Waals surface area contributed by atoms with Gasteiger partial charge in [-0.15, -0.1) is 0 Å². The lowest BCUT2D eigenvalue weighted by Gasteiger charge is -2.39. The molecule has 2 aliphatic rings. The Balaban J connectivity index is 1.76. The zero-order chi connectivity index (χ0) is 12.5. The summed E-state index contributed by atoms with van der Waals surface area (Å²) in [5.41, 5.74) is 0.0946. The molecule has 5 heteroatoms. The standard InChI is InChI=1S/C12H22N2O3/c1-9-3-4-14(5-10(9)15)11(16)13-6-12(2)7-17-8-12/h9-10,15H,3-8H2,1-2H3,(H,13,16). The zero-order valence-electron chi connectivity index (χ0n) is 10.6. The molecule has 2 saturated heterocycles. The number of urea groups is 1. The highest BCUT2D eigenvalue weighted by atomic mass is 16.5. The van der Waals surface area contributed by atoms with Gasteiger partial charge in [-0.05, 0) is 12.3 Å². The Morgan fingerprint density at radius 2 is 2.29 bits per heavy atom. The second-order valence-corrected chi connectivity index (χ2v) is 5.74. The van der Waals surface area contributed by atoms with Gasteiger partial charge in [-0.2, -0.15) is 0 Å². The highest BCUT2D eigenvalue weighted by molar-refractivity contribution is 5.74. The summed E-state index contributed by atoms with van der Waals surface area (Å²) >= 11 is 0. The monoisotopic (exact) mass is 242 g/mol. The van der Waals surface area contributed by atoms with Gasteiger partial charge in [0, 0.05) is 25.0 Å². The lowest BCUT2D eigenvalue weighted by atomic mass is 9.89. The van der Waals surface area contributed by atoms with Crippen LogP contribution in [0.2, 0.25) is 0 Å². The third-order valence-corrected chi connectivity index (χ3v) is 3.77. The number of carbonyl (C=O) groups is 1. The normalized spacial score (nSPS) is 31.8. The molecule has 2 atom stereocenters. The quantitative estimate of drug-likeness (QED) is 0.738. The lowest BCUT2D eigenvalue weighted by molar-refractivity contribution is -0.0980. The molecule has 2 fully saturated rings. The Labute approximate surface area is 102 Å². The van der Waals surface area contributed by atoms with Crippen LogP contribution < -0.4 is 5.32 Å². The number of aliphatic hydroxyl groups is 1. The van der Waals surface area contributed by atoms with Crippen molar-refractivity contribution in [2.45, 2.75) is 26.4 Å². The number of nitrogens with zero attached hydrogens (tertiary/aromatic N) is 1. The molecule has 0 aromatic heterocycles. The van der Waals surface area contributed by atoms with E-state index in [1.165, 1.54) is 0 Å². The van der Waals surface area contributed by atoms with Crippen LogP contribution in [0.3, 0.4) is 0 Å². The maximum absolute atomic E-state index is 11.9. The van der Waals surface area contributed by atoms with Gasteiger partial charge in [0.15, 0.2) is 0 Å². The molecule has 2 N–H and O–H groups in total. The average molecular weight is 242 g/mol. The molecule has 2 rings (SSSR count). The minimum absolute atomic E-state index is 0.0657. The third kappa shape index (κ3) is 2.90.